The summed E-state index contributed by atoms with van der Waals surface area (Å²) in [6.07, 6.45) is -3.01. The van der Waals surface area contributed by atoms with E-state index in [1.165, 1.54) is 6.07 Å². The van der Waals surface area contributed by atoms with Gasteiger partial charge in [0.25, 0.3) is 11.5 Å². The highest BCUT2D eigenvalue weighted by atomic mass is 79.9. The molecule has 7 heteroatoms. The first-order valence-electron chi connectivity index (χ1n) is 6.96. The van der Waals surface area contributed by atoms with Crippen molar-refractivity contribution in [1.29, 1.82) is 0 Å². The lowest BCUT2D eigenvalue weighted by atomic mass is 9.50. The van der Waals surface area contributed by atoms with Crippen LogP contribution >= 0.6 is 15.9 Å². The van der Waals surface area contributed by atoms with Crippen LogP contribution in [-0.2, 0) is 10.4 Å². The van der Waals surface area contributed by atoms with Crippen molar-refractivity contribution in [2.75, 3.05) is 0 Å². The summed E-state index contributed by atoms with van der Waals surface area (Å²) in [6.45, 7) is 1.71. The Hall–Kier alpha value is -1.08. The lowest BCUT2D eigenvalue weighted by molar-refractivity contribution is -0.259. The van der Waals surface area contributed by atoms with Gasteiger partial charge in [0.05, 0.1) is 0 Å². The van der Waals surface area contributed by atoms with Crippen molar-refractivity contribution in [3.05, 3.63) is 33.8 Å². The predicted octanol–water partition coefficient (Wildman–Crippen LogP) is 3.18. The number of benzene rings is 1. The first-order chi connectivity index (χ1) is 10.1. The van der Waals surface area contributed by atoms with Crippen LogP contribution in [0.4, 0.5) is 13.2 Å². The molecule has 2 N–H and O–H groups in total. The van der Waals surface area contributed by atoms with Crippen LogP contribution in [0.15, 0.2) is 22.7 Å². The number of amides is 1. The molecule has 3 aliphatic rings. The highest BCUT2D eigenvalue weighted by Crippen LogP contribution is 2.57. The molecule has 1 aromatic rings. The molecule has 1 unspecified atom stereocenters. The monoisotopic (exact) mass is 377 g/mol. The summed E-state index contributed by atoms with van der Waals surface area (Å²) < 4.78 is 40.8. The van der Waals surface area contributed by atoms with Gasteiger partial charge in [0.15, 0.2) is 0 Å². The van der Waals surface area contributed by atoms with Crippen molar-refractivity contribution in [1.82, 2.24) is 5.32 Å². The minimum Gasteiger partial charge on any atom is -0.369 e. The molecule has 1 atom stereocenters. The fraction of sp³-hybridized carbons (Fsp3) is 0.533. The van der Waals surface area contributed by atoms with Gasteiger partial charge in [-0.2, -0.15) is 13.2 Å². The van der Waals surface area contributed by atoms with Gasteiger partial charge < -0.3 is 10.4 Å². The molecule has 1 aromatic carbocycles. The number of aryl methyl sites for hydroxylation is 1. The SMILES string of the molecule is Cc1ccc(C(O)(C(=O)NC23CC(C2)C3)C(F)(F)F)cc1Br. The largest absolute Gasteiger partial charge is 0.430 e. The van der Waals surface area contributed by atoms with E-state index in [2.05, 4.69) is 21.2 Å². The summed E-state index contributed by atoms with van der Waals surface area (Å²) in [5.74, 6) is -0.887. The fourth-order valence-electron chi connectivity index (χ4n) is 3.20. The summed E-state index contributed by atoms with van der Waals surface area (Å²) in [5, 5.41) is 12.7. The second-order valence-corrected chi connectivity index (χ2v) is 7.24. The summed E-state index contributed by atoms with van der Waals surface area (Å²) in [5.41, 5.74) is -3.85. The van der Waals surface area contributed by atoms with E-state index in [1.807, 2.05) is 0 Å². The van der Waals surface area contributed by atoms with E-state index in [9.17, 15) is 23.1 Å². The molecule has 2 bridgehead atoms. The van der Waals surface area contributed by atoms with Crippen LogP contribution in [0.3, 0.4) is 0 Å². The van der Waals surface area contributed by atoms with Crippen LogP contribution in [0.1, 0.15) is 30.4 Å². The molecule has 0 radical (unpaired) electrons. The average molecular weight is 378 g/mol. The molecule has 0 aromatic heterocycles. The lowest BCUT2D eigenvalue weighted by Gasteiger charge is -2.62. The Morgan fingerprint density at radius 3 is 2.36 bits per heavy atom. The van der Waals surface area contributed by atoms with Crippen molar-refractivity contribution < 1.29 is 23.1 Å². The first kappa shape index (κ1) is 15.8. The Balaban J connectivity index is 1.96. The molecule has 3 aliphatic carbocycles. The topological polar surface area (TPSA) is 49.3 Å². The Morgan fingerprint density at radius 1 is 1.36 bits per heavy atom. The maximum atomic E-state index is 13.5. The number of alkyl halides is 3. The zero-order chi connectivity index (χ0) is 16.3. The van der Waals surface area contributed by atoms with Crippen molar-refractivity contribution in [3.63, 3.8) is 0 Å². The molecule has 0 heterocycles. The minimum absolute atomic E-state index is 0.408. The molecule has 120 valence electrons. The van der Waals surface area contributed by atoms with Crippen LogP contribution in [0.5, 0.6) is 0 Å². The van der Waals surface area contributed by atoms with Gasteiger partial charge in [-0.25, -0.2) is 0 Å². The van der Waals surface area contributed by atoms with Gasteiger partial charge in [0.2, 0.25) is 0 Å². The van der Waals surface area contributed by atoms with E-state index >= 15 is 0 Å². The van der Waals surface area contributed by atoms with E-state index < -0.39 is 28.8 Å². The van der Waals surface area contributed by atoms with Crippen molar-refractivity contribution in [2.45, 2.75) is 43.5 Å². The Morgan fingerprint density at radius 2 is 1.95 bits per heavy atom. The third-order valence-corrected chi connectivity index (χ3v) is 5.60. The number of carbonyl (C=O) groups is 1. The summed E-state index contributed by atoms with van der Waals surface area (Å²) >= 11 is 3.14. The smallest absolute Gasteiger partial charge is 0.369 e. The summed E-state index contributed by atoms with van der Waals surface area (Å²) in [4.78, 5) is 12.2. The van der Waals surface area contributed by atoms with Gasteiger partial charge >= 0.3 is 6.18 Å². The molecule has 0 aliphatic heterocycles. The highest BCUT2D eigenvalue weighted by molar-refractivity contribution is 9.10. The molecular formula is C15H15BrF3NO2. The number of carbonyl (C=O) groups excluding carboxylic acids is 1. The number of aliphatic hydroxyl groups is 1. The number of hydrogen-bond acceptors (Lipinski definition) is 2. The number of nitrogens with one attached hydrogen (secondary N) is 1. The van der Waals surface area contributed by atoms with Gasteiger partial charge in [-0.1, -0.05) is 28.1 Å². The second kappa shape index (κ2) is 4.71. The van der Waals surface area contributed by atoms with Gasteiger partial charge in [-0.3, -0.25) is 4.79 Å². The lowest BCUT2D eigenvalue weighted by Crippen LogP contribution is -2.71. The molecule has 22 heavy (non-hydrogen) atoms. The van der Waals surface area contributed by atoms with Gasteiger partial charge in [0.1, 0.15) is 0 Å². The van der Waals surface area contributed by atoms with Crippen molar-refractivity contribution in [2.24, 2.45) is 5.92 Å². The molecule has 0 spiro atoms. The number of rotatable bonds is 3. The number of hydrogen-bond donors (Lipinski definition) is 2. The number of halogens is 4. The molecule has 3 fully saturated rings. The van der Waals surface area contributed by atoms with Gasteiger partial charge in [-0.15, -0.1) is 0 Å². The zero-order valence-electron chi connectivity index (χ0n) is 11.8. The van der Waals surface area contributed by atoms with E-state index in [1.54, 1.807) is 6.92 Å². The molecule has 3 nitrogen and oxygen atoms in total. The van der Waals surface area contributed by atoms with Gasteiger partial charge in [-0.05, 0) is 43.7 Å². The molecular weight excluding hydrogens is 363 g/mol. The first-order valence-corrected chi connectivity index (χ1v) is 7.75. The maximum Gasteiger partial charge on any atom is 0.430 e. The van der Waals surface area contributed by atoms with Crippen LogP contribution in [0, 0.1) is 12.8 Å². The van der Waals surface area contributed by atoms with E-state index in [0.29, 0.717) is 35.2 Å². The van der Waals surface area contributed by atoms with E-state index in [4.69, 9.17) is 0 Å². The molecule has 4 rings (SSSR count). The standard InChI is InChI=1S/C15H15BrF3NO2/c1-8-2-3-10(4-11(8)16)14(22,15(17,18)19)12(21)20-13-5-9(6-13)7-13/h2-4,9,22H,5-7H2,1H3,(H,20,21). The van der Waals surface area contributed by atoms with Crippen molar-refractivity contribution >= 4 is 21.8 Å². The van der Waals surface area contributed by atoms with E-state index in [0.717, 1.165) is 12.1 Å². The Bertz CT molecular complexity index is 629. The predicted molar refractivity (Wildman–Crippen MR) is 77.0 cm³/mol. The minimum atomic E-state index is -5.10. The third-order valence-electron chi connectivity index (χ3n) is 4.75. The Kier molecular flexibility index (Phi) is 3.38. The average Bonchev–Trinajstić information content (AvgIpc) is 2.33. The van der Waals surface area contributed by atoms with Gasteiger partial charge in [0, 0.05) is 15.6 Å². The zero-order valence-corrected chi connectivity index (χ0v) is 13.4. The third kappa shape index (κ3) is 2.17. The summed E-state index contributed by atoms with van der Waals surface area (Å²) in [6, 6.07) is 3.71. The van der Waals surface area contributed by atoms with Crippen LogP contribution in [0.2, 0.25) is 0 Å². The highest BCUT2D eigenvalue weighted by Gasteiger charge is 2.65. The van der Waals surface area contributed by atoms with Crippen LogP contribution < -0.4 is 5.32 Å². The molecule has 1 amide bonds. The molecule has 0 saturated heterocycles. The quantitative estimate of drug-likeness (QED) is 0.849. The van der Waals surface area contributed by atoms with Crippen molar-refractivity contribution in [3.8, 4) is 0 Å². The van der Waals surface area contributed by atoms with Crippen LogP contribution in [0.25, 0.3) is 0 Å². The molecule has 3 saturated carbocycles. The maximum absolute atomic E-state index is 13.5. The fourth-order valence-corrected chi connectivity index (χ4v) is 3.58. The second-order valence-electron chi connectivity index (χ2n) is 6.38. The van der Waals surface area contributed by atoms with E-state index in [-0.39, 0.29) is 0 Å². The Labute approximate surface area is 134 Å². The van der Waals surface area contributed by atoms with Crippen LogP contribution in [-0.4, -0.2) is 22.7 Å². The summed E-state index contributed by atoms with van der Waals surface area (Å²) in [7, 11) is 0. The normalized spacial score (nSPS) is 29.1.